The van der Waals surface area contributed by atoms with Crippen molar-refractivity contribution >= 4 is 18.0 Å². The third kappa shape index (κ3) is 5.76. The van der Waals surface area contributed by atoms with Crippen LogP contribution in [-0.4, -0.2) is 36.0 Å². The van der Waals surface area contributed by atoms with E-state index in [9.17, 15) is 9.59 Å². The number of hydrogen-bond acceptors (Lipinski definition) is 2. The fourth-order valence-electron chi connectivity index (χ4n) is 4.89. The van der Waals surface area contributed by atoms with E-state index in [0.29, 0.717) is 0 Å². The number of benzene rings is 1. The number of likely N-dealkylation sites (tertiary alicyclic amines) is 1. The van der Waals surface area contributed by atoms with Gasteiger partial charge in [0, 0.05) is 30.4 Å². The van der Waals surface area contributed by atoms with E-state index in [1.807, 2.05) is 56.0 Å². The van der Waals surface area contributed by atoms with Crippen LogP contribution < -0.4 is 10.6 Å². The summed E-state index contributed by atoms with van der Waals surface area (Å²) in [5.41, 5.74) is 4.03. The second kappa shape index (κ2) is 11.4. The fourth-order valence-corrected chi connectivity index (χ4v) is 4.89. The highest BCUT2D eigenvalue weighted by Crippen LogP contribution is 2.54. The summed E-state index contributed by atoms with van der Waals surface area (Å²) in [6.07, 6.45) is 16.0. The van der Waals surface area contributed by atoms with Gasteiger partial charge in [0.1, 0.15) is 0 Å². The Morgan fingerprint density at radius 3 is 2.58 bits per heavy atom. The molecule has 1 aromatic rings. The Labute approximate surface area is 199 Å². The maximum absolute atomic E-state index is 13.0. The van der Waals surface area contributed by atoms with E-state index < -0.39 is 0 Å². The Balaban J connectivity index is 0.00000149. The van der Waals surface area contributed by atoms with Crippen LogP contribution in [0.3, 0.4) is 0 Å². The van der Waals surface area contributed by atoms with Crippen LogP contribution in [0.15, 0.2) is 48.2 Å². The standard InChI is InChI=1S/C26H33N3O2.C2H6/c1-3-9-21-19(4-2)10-8-13-22(21)24(30)28-23-18-26(23)14-16-29(17-15-26)25(31)27-20-11-6-5-7-12-20;1-2/h3,6,8-13,23H,4-5,7,14-18H2,1-2H3,(H,27,31)(H,28,30);1-2H3/b9-3-;. The van der Waals surface area contributed by atoms with Crippen LogP contribution in [0.2, 0.25) is 0 Å². The largest absolute Gasteiger partial charge is 0.349 e. The molecule has 1 saturated carbocycles. The lowest BCUT2D eigenvalue weighted by Crippen LogP contribution is -2.45. The molecular formula is C28H39N3O2. The zero-order valence-electron chi connectivity index (χ0n) is 20.6. The minimum atomic E-state index is -0.0127. The van der Waals surface area contributed by atoms with Crippen molar-refractivity contribution in [3.05, 3.63) is 64.9 Å². The van der Waals surface area contributed by atoms with Crippen LogP contribution in [0.4, 0.5) is 4.79 Å². The summed E-state index contributed by atoms with van der Waals surface area (Å²) in [5.74, 6) is 0.0153. The van der Waals surface area contributed by atoms with Gasteiger partial charge in [-0.1, -0.05) is 57.2 Å². The van der Waals surface area contributed by atoms with E-state index in [1.54, 1.807) is 0 Å². The average molecular weight is 450 g/mol. The first-order valence-corrected chi connectivity index (χ1v) is 12.5. The Morgan fingerprint density at radius 2 is 1.94 bits per heavy atom. The molecule has 3 aliphatic rings. The van der Waals surface area contributed by atoms with Crippen molar-refractivity contribution in [2.75, 3.05) is 13.1 Å². The van der Waals surface area contributed by atoms with Crippen molar-refractivity contribution in [1.82, 2.24) is 15.5 Å². The molecule has 1 saturated heterocycles. The lowest BCUT2D eigenvalue weighted by molar-refractivity contribution is 0.0936. The Bertz CT molecular complexity index is 936. The minimum Gasteiger partial charge on any atom is -0.349 e. The first kappa shape index (κ1) is 24.8. The van der Waals surface area contributed by atoms with E-state index in [4.69, 9.17) is 0 Å². The Hall–Kier alpha value is -2.82. The smallest absolute Gasteiger partial charge is 0.321 e. The number of piperidine rings is 1. The summed E-state index contributed by atoms with van der Waals surface area (Å²) in [6.45, 7) is 9.58. The van der Waals surface area contributed by atoms with E-state index >= 15 is 0 Å². The highest BCUT2D eigenvalue weighted by molar-refractivity contribution is 5.98. The molecule has 1 heterocycles. The molecule has 2 aliphatic carbocycles. The number of amides is 3. The lowest BCUT2D eigenvalue weighted by atomic mass is 9.92. The molecule has 0 radical (unpaired) electrons. The average Bonchev–Trinajstić information content (AvgIpc) is 3.51. The molecule has 5 heteroatoms. The molecule has 1 aliphatic heterocycles. The van der Waals surface area contributed by atoms with Gasteiger partial charge in [-0.15, -0.1) is 0 Å². The van der Waals surface area contributed by atoms with Gasteiger partial charge in [-0.2, -0.15) is 0 Å². The van der Waals surface area contributed by atoms with E-state index in [0.717, 1.165) is 68.4 Å². The second-order valence-corrected chi connectivity index (χ2v) is 8.88. The number of hydrogen-bond donors (Lipinski definition) is 2. The second-order valence-electron chi connectivity index (χ2n) is 8.88. The number of aryl methyl sites for hydroxylation is 1. The van der Waals surface area contributed by atoms with Gasteiger partial charge in [0.05, 0.1) is 0 Å². The normalized spacial score (nSPS) is 20.7. The van der Waals surface area contributed by atoms with Crippen molar-refractivity contribution in [1.29, 1.82) is 0 Å². The summed E-state index contributed by atoms with van der Waals surface area (Å²) < 4.78 is 0. The summed E-state index contributed by atoms with van der Waals surface area (Å²) in [4.78, 5) is 27.5. The van der Waals surface area contributed by atoms with Gasteiger partial charge in [0.25, 0.3) is 5.91 Å². The fraction of sp³-hybridized carbons (Fsp3) is 0.500. The van der Waals surface area contributed by atoms with E-state index in [2.05, 4.69) is 35.8 Å². The molecule has 33 heavy (non-hydrogen) atoms. The number of urea groups is 1. The van der Waals surface area contributed by atoms with Crippen LogP contribution in [0.1, 0.15) is 81.3 Å². The molecule has 5 nitrogen and oxygen atoms in total. The van der Waals surface area contributed by atoms with Crippen LogP contribution in [-0.2, 0) is 6.42 Å². The molecule has 3 amide bonds. The van der Waals surface area contributed by atoms with Crippen molar-refractivity contribution in [3.8, 4) is 0 Å². The molecule has 1 atom stereocenters. The molecule has 1 unspecified atom stereocenters. The molecule has 0 aromatic heterocycles. The van der Waals surface area contributed by atoms with Gasteiger partial charge in [0.15, 0.2) is 0 Å². The van der Waals surface area contributed by atoms with Crippen molar-refractivity contribution in [2.45, 2.75) is 72.3 Å². The minimum absolute atomic E-state index is 0.0127. The molecule has 0 bridgehead atoms. The number of rotatable bonds is 5. The predicted molar refractivity (Wildman–Crippen MR) is 136 cm³/mol. The third-order valence-corrected chi connectivity index (χ3v) is 6.94. The molecular weight excluding hydrogens is 410 g/mol. The summed E-state index contributed by atoms with van der Waals surface area (Å²) in [7, 11) is 0. The highest BCUT2D eigenvalue weighted by Gasteiger charge is 2.56. The molecule has 2 N–H and O–H groups in total. The molecule has 4 rings (SSSR count). The van der Waals surface area contributed by atoms with E-state index in [-0.39, 0.29) is 23.4 Å². The van der Waals surface area contributed by atoms with Gasteiger partial charge in [-0.25, -0.2) is 4.79 Å². The van der Waals surface area contributed by atoms with Crippen molar-refractivity contribution in [2.24, 2.45) is 5.41 Å². The van der Waals surface area contributed by atoms with Gasteiger partial charge >= 0.3 is 6.03 Å². The summed E-state index contributed by atoms with van der Waals surface area (Å²) in [6, 6.07) is 6.17. The predicted octanol–water partition coefficient (Wildman–Crippen LogP) is 5.84. The number of carbonyl (C=O) groups excluding carboxylic acids is 2. The quantitative estimate of drug-likeness (QED) is 0.593. The molecule has 2 fully saturated rings. The summed E-state index contributed by atoms with van der Waals surface area (Å²) >= 11 is 0. The number of nitrogens with one attached hydrogen (secondary N) is 2. The zero-order chi connectivity index (χ0) is 23.8. The van der Waals surface area contributed by atoms with Crippen molar-refractivity contribution in [3.63, 3.8) is 0 Å². The number of carbonyl (C=O) groups is 2. The van der Waals surface area contributed by atoms with E-state index in [1.165, 1.54) is 5.56 Å². The number of allylic oxidation sites excluding steroid dienone is 4. The van der Waals surface area contributed by atoms with Crippen LogP contribution in [0.5, 0.6) is 0 Å². The molecule has 1 spiro atoms. The maximum Gasteiger partial charge on any atom is 0.321 e. The third-order valence-electron chi connectivity index (χ3n) is 6.94. The first-order valence-electron chi connectivity index (χ1n) is 12.5. The van der Waals surface area contributed by atoms with Crippen LogP contribution >= 0.6 is 0 Å². The van der Waals surface area contributed by atoms with Gasteiger partial charge < -0.3 is 15.5 Å². The van der Waals surface area contributed by atoms with Gasteiger partial charge in [-0.3, -0.25) is 4.79 Å². The van der Waals surface area contributed by atoms with Crippen LogP contribution in [0, 0.1) is 5.41 Å². The Morgan fingerprint density at radius 1 is 1.18 bits per heavy atom. The van der Waals surface area contributed by atoms with Crippen LogP contribution in [0.25, 0.3) is 6.08 Å². The monoisotopic (exact) mass is 449 g/mol. The van der Waals surface area contributed by atoms with Crippen molar-refractivity contribution < 1.29 is 9.59 Å². The van der Waals surface area contributed by atoms with Gasteiger partial charge in [0.2, 0.25) is 0 Å². The SMILES string of the molecule is C/C=C\c1c(CC)cccc1C(=O)NC1CC12CCN(C(=O)NC1=CCCC=C1)CC2.CC. The first-order chi connectivity index (χ1) is 16.1. The highest BCUT2D eigenvalue weighted by atomic mass is 16.2. The summed E-state index contributed by atoms with van der Waals surface area (Å²) in [5, 5.41) is 6.30. The maximum atomic E-state index is 13.0. The number of nitrogens with zero attached hydrogens (tertiary/aromatic N) is 1. The molecule has 178 valence electrons. The Kier molecular flexibility index (Phi) is 8.54. The topological polar surface area (TPSA) is 61.4 Å². The van der Waals surface area contributed by atoms with Gasteiger partial charge in [-0.05, 0) is 74.1 Å². The molecule has 1 aromatic carbocycles. The lowest BCUT2D eigenvalue weighted by Gasteiger charge is -2.33. The zero-order valence-corrected chi connectivity index (χ0v) is 20.6.